The summed E-state index contributed by atoms with van der Waals surface area (Å²) in [4.78, 5) is 14.1. The van der Waals surface area contributed by atoms with E-state index in [0.717, 1.165) is 23.4 Å². The van der Waals surface area contributed by atoms with E-state index in [0.29, 0.717) is 13.1 Å². The number of hydrogen-bond donors (Lipinski definition) is 1. The quantitative estimate of drug-likeness (QED) is 0.832. The van der Waals surface area contributed by atoms with E-state index >= 15 is 0 Å². The fraction of sp³-hybridized carbons (Fsp3) is 0.562. The molecule has 1 amide bonds. The van der Waals surface area contributed by atoms with Crippen molar-refractivity contribution in [3.05, 3.63) is 29.3 Å². The second-order valence-electron chi connectivity index (χ2n) is 4.86. The van der Waals surface area contributed by atoms with Gasteiger partial charge in [0, 0.05) is 25.2 Å². The summed E-state index contributed by atoms with van der Waals surface area (Å²) >= 11 is 0. The van der Waals surface area contributed by atoms with Crippen LogP contribution in [0.5, 0.6) is 5.75 Å². The maximum Gasteiger partial charge on any atom is 0.263 e. The summed E-state index contributed by atoms with van der Waals surface area (Å²) in [5.41, 5.74) is 2.13. The number of benzene rings is 1. The Morgan fingerprint density at radius 3 is 2.55 bits per heavy atom. The van der Waals surface area contributed by atoms with Crippen molar-refractivity contribution in [1.29, 1.82) is 0 Å². The van der Waals surface area contributed by atoms with Crippen LogP contribution in [0.4, 0.5) is 0 Å². The predicted octanol–water partition coefficient (Wildman–Crippen LogP) is 2.35. The Hall–Kier alpha value is -1.55. The molecular weight excluding hydrogens is 252 g/mol. The number of likely N-dealkylation sites (N-methyl/N-ethyl adjacent to an activating group) is 1. The summed E-state index contributed by atoms with van der Waals surface area (Å²) < 4.78 is 5.94. The molecule has 1 aromatic rings. The highest BCUT2D eigenvalue weighted by Gasteiger charge is 2.21. The lowest BCUT2D eigenvalue weighted by Gasteiger charge is -2.25. The minimum Gasteiger partial charge on any atom is -0.480 e. The van der Waals surface area contributed by atoms with E-state index in [1.807, 2.05) is 52.9 Å². The highest BCUT2D eigenvalue weighted by molar-refractivity contribution is 5.80. The van der Waals surface area contributed by atoms with E-state index in [4.69, 9.17) is 4.74 Å². The van der Waals surface area contributed by atoms with E-state index in [-0.39, 0.29) is 5.91 Å². The second kappa shape index (κ2) is 7.90. The fourth-order valence-electron chi connectivity index (χ4n) is 2.23. The molecule has 4 nitrogen and oxygen atoms in total. The lowest BCUT2D eigenvalue weighted by molar-refractivity contribution is -0.137. The number of aryl methyl sites for hydroxylation is 1. The van der Waals surface area contributed by atoms with Crippen molar-refractivity contribution in [1.82, 2.24) is 10.2 Å². The molecule has 0 aliphatic carbocycles. The Morgan fingerprint density at radius 1 is 1.35 bits per heavy atom. The number of nitrogens with zero attached hydrogens (tertiary/aromatic N) is 1. The molecule has 0 saturated heterocycles. The summed E-state index contributed by atoms with van der Waals surface area (Å²) in [7, 11) is 1.90. The average molecular weight is 278 g/mol. The summed E-state index contributed by atoms with van der Waals surface area (Å²) in [6, 6.07) is 6.03. The summed E-state index contributed by atoms with van der Waals surface area (Å²) in [6.45, 7) is 9.92. The van der Waals surface area contributed by atoms with Crippen LogP contribution in [0.15, 0.2) is 18.2 Å². The molecule has 1 atom stereocenters. The largest absolute Gasteiger partial charge is 0.480 e. The molecule has 0 aliphatic heterocycles. The van der Waals surface area contributed by atoms with E-state index in [2.05, 4.69) is 5.32 Å². The molecule has 1 rings (SSSR count). The topological polar surface area (TPSA) is 41.6 Å². The lowest BCUT2D eigenvalue weighted by Crippen LogP contribution is -2.40. The van der Waals surface area contributed by atoms with Gasteiger partial charge >= 0.3 is 0 Å². The Kier molecular flexibility index (Phi) is 6.52. The van der Waals surface area contributed by atoms with Gasteiger partial charge in [0.25, 0.3) is 5.91 Å². The van der Waals surface area contributed by atoms with Crippen LogP contribution < -0.4 is 10.1 Å². The number of carbonyl (C=O) groups is 1. The summed E-state index contributed by atoms with van der Waals surface area (Å²) in [6.07, 6.45) is -0.466. The van der Waals surface area contributed by atoms with Crippen molar-refractivity contribution < 1.29 is 9.53 Å². The monoisotopic (exact) mass is 278 g/mol. The van der Waals surface area contributed by atoms with Crippen molar-refractivity contribution in [2.24, 2.45) is 0 Å². The molecular formula is C16H26N2O2. The Bertz CT molecular complexity index is 442. The molecule has 20 heavy (non-hydrogen) atoms. The molecule has 0 aromatic heterocycles. The van der Waals surface area contributed by atoms with Gasteiger partial charge in [-0.05, 0) is 40.3 Å². The predicted molar refractivity (Wildman–Crippen MR) is 82.0 cm³/mol. The molecule has 1 aromatic carbocycles. The van der Waals surface area contributed by atoms with Crippen molar-refractivity contribution in [2.45, 2.75) is 40.3 Å². The van der Waals surface area contributed by atoms with Gasteiger partial charge in [-0.3, -0.25) is 4.79 Å². The van der Waals surface area contributed by atoms with Crippen LogP contribution in [0.3, 0.4) is 0 Å². The summed E-state index contributed by atoms with van der Waals surface area (Å²) in [5.74, 6) is 0.850. The number of nitrogens with one attached hydrogen (secondary N) is 1. The lowest BCUT2D eigenvalue weighted by atomic mass is 10.1. The zero-order valence-corrected chi connectivity index (χ0v) is 13.2. The van der Waals surface area contributed by atoms with Crippen LogP contribution >= 0.6 is 0 Å². The third kappa shape index (κ3) is 3.97. The van der Waals surface area contributed by atoms with E-state index < -0.39 is 6.10 Å². The fourth-order valence-corrected chi connectivity index (χ4v) is 2.23. The molecule has 1 N–H and O–H groups in total. The third-order valence-electron chi connectivity index (χ3n) is 3.38. The SMILES string of the molecule is CCN(CC)C(=O)C(C)Oc1c(C)cccc1CNC. The van der Waals surface area contributed by atoms with Crippen molar-refractivity contribution in [2.75, 3.05) is 20.1 Å². The number of ether oxygens (including phenoxy) is 1. The average Bonchev–Trinajstić information content (AvgIpc) is 2.44. The highest BCUT2D eigenvalue weighted by atomic mass is 16.5. The van der Waals surface area contributed by atoms with Crippen molar-refractivity contribution in [3.63, 3.8) is 0 Å². The van der Waals surface area contributed by atoms with Gasteiger partial charge in [-0.2, -0.15) is 0 Å². The molecule has 112 valence electrons. The molecule has 1 unspecified atom stereocenters. The minimum absolute atomic E-state index is 0.0358. The Labute approximate surface area is 122 Å². The van der Waals surface area contributed by atoms with Crippen LogP contribution in [0.2, 0.25) is 0 Å². The first-order chi connectivity index (χ1) is 9.54. The molecule has 4 heteroatoms. The van der Waals surface area contributed by atoms with E-state index in [1.165, 1.54) is 0 Å². The van der Waals surface area contributed by atoms with Crippen LogP contribution in [-0.2, 0) is 11.3 Å². The van der Waals surface area contributed by atoms with Crippen LogP contribution in [-0.4, -0.2) is 37.0 Å². The number of para-hydroxylation sites is 1. The zero-order chi connectivity index (χ0) is 15.1. The van der Waals surface area contributed by atoms with Crippen LogP contribution in [0.25, 0.3) is 0 Å². The van der Waals surface area contributed by atoms with Crippen molar-refractivity contribution >= 4 is 5.91 Å². The standard InChI is InChI=1S/C16H26N2O2/c1-6-18(7-2)16(19)13(4)20-15-12(3)9-8-10-14(15)11-17-5/h8-10,13,17H,6-7,11H2,1-5H3. The van der Waals surface area contributed by atoms with E-state index in [1.54, 1.807) is 4.90 Å². The summed E-state index contributed by atoms with van der Waals surface area (Å²) in [5, 5.41) is 3.12. The van der Waals surface area contributed by atoms with Gasteiger partial charge in [-0.25, -0.2) is 0 Å². The van der Waals surface area contributed by atoms with Gasteiger partial charge < -0.3 is 15.0 Å². The maximum absolute atomic E-state index is 12.3. The minimum atomic E-state index is -0.466. The van der Waals surface area contributed by atoms with Crippen LogP contribution in [0.1, 0.15) is 31.9 Å². The Balaban J connectivity index is 2.89. The molecule has 0 heterocycles. The first-order valence-electron chi connectivity index (χ1n) is 7.23. The number of rotatable bonds is 7. The molecule has 0 fully saturated rings. The molecule has 0 saturated carbocycles. The van der Waals surface area contributed by atoms with E-state index in [9.17, 15) is 4.79 Å². The smallest absolute Gasteiger partial charge is 0.263 e. The Morgan fingerprint density at radius 2 is 2.00 bits per heavy atom. The zero-order valence-electron chi connectivity index (χ0n) is 13.2. The van der Waals surface area contributed by atoms with Gasteiger partial charge in [0.2, 0.25) is 0 Å². The second-order valence-corrected chi connectivity index (χ2v) is 4.86. The first-order valence-corrected chi connectivity index (χ1v) is 7.23. The third-order valence-corrected chi connectivity index (χ3v) is 3.38. The molecule has 0 spiro atoms. The van der Waals surface area contributed by atoms with Gasteiger partial charge in [-0.1, -0.05) is 18.2 Å². The van der Waals surface area contributed by atoms with Gasteiger partial charge in [-0.15, -0.1) is 0 Å². The number of hydrogen-bond acceptors (Lipinski definition) is 3. The molecule has 0 radical (unpaired) electrons. The van der Waals surface area contributed by atoms with Gasteiger partial charge in [0.15, 0.2) is 6.10 Å². The normalized spacial score (nSPS) is 12.1. The highest BCUT2D eigenvalue weighted by Crippen LogP contribution is 2.24. The first kappa shape index (κ1) is 16.5. The van der Waals surface area contributed by atoms with Gasteiger partial charge in [0.1, 0.15) is 5.75 Å². The van der Waals surface area contributed by atoms with Gasteiger partial charge in [0.05, 0.1) is 0 Å². The number of carbonyl (C=O) groups excluding carboxylic acids is 1. The van der Waals surface area contributed by atoms with Crippen molar-refractivity contribution in [3.8, 4) is 5.75 Å². The molecule has 0 aliphatic rings. The van der Waals surface area contributed by atoms with Crippen LogP contribution in [0, 0.1) is 6.92 Å². The number of amides is 1. The molecule has 0 bridgehead atoms. The maximum atomic E-state index is 12.3.